The second-order valence-corrected chi connectivity index (χ2v) is 6.57. The minimum atomic E-state index is 0.0814. The molecule has 0 aliphatic rings. The number of aryl methyl sites for hydroxylation is 1. The zero-order valence-electron chi connectivity index (χ0n) is 11.7. The standard InChI is InChI=1S/C14H24N2OS/c1-10(2)8-16-14(17)9-15-11(3)7-13-6-5-12(4)18-13/h5-6,10-11,15H,7-9H2,1-4H3,(H,16,17). The third kappa shape index (κ3) is 6.17. The molecular formula is C14H24N2OS. The van der Waals surface area contributed by atoms with Crippen LogP contribution < -0.4 is 10.6 Å². The normalized spacial score (nSPS) is 12.7. The average molecular weight is 268 g/mol. The molecule has 0 bridgehead atoms. The second kappa shape index (κ2) is 7.54. The molecule has 0 aromatic carbocycles. The molecule has 1 amide bonds. The average Bonchev–Trinajstić information content (AvgIpc) is 2.69. The fourth-order valence-corrected chi connectivity index (χ4v) is 2.64. The summed E-state index contributed by atoms with van der Waals surface area (Å²) in [4.78, 5) is 14.2. The summed E-state index contributed by atoms with van der Waals surface area (Å²) in [5.74, 6) is 0.582. The van der Waals surface area contributed by atoms with Crippen molar-refractivity contribution >= 4 is 17.2 Å². The van der Waals surface area contributed by atoms with Crippen LogP contribution in [0.5, 0.6) is 0 Å². The SMILES string of the molecule is Cc1ccc(CC(C)NCC(=O)NCC(C)C)s1. The maximum atomic E-state index is 11.5. The lowest BCUT2D eigenvalue weighted by atomic mass is 10.2. The fraction of sp³-hybridized carbons (Fsp3) is 0.643. The summed E-state index contributed by atoms with van der Waals surface area (Å²) in [6, 6.07) is 4.63. The van der Waals surface area contributed by atoms with Gasteiger partial charge in [-0.1, -0.05) is 13.8 Å². The van der Waals surface area contributed by atoms with Crippen LogP contribution in [0.4, 0.5) is 0 Å². The van der Waals surface area contributed by atoms with Crippen molar-refractivity contribution in [1.29, 1.82) is 0 Å². The van der Waals surface area contributed by atoms with Gasteiger partial charge in [-0.15, -0.1) is 11.3 Å². The van der Waals surface area contributed by atoms with Gasteiger partial charge in [0, 0.05) is 22.3 Å². The molecule has 1 aromatic rings. The Balaban J connectivity index is 2.20. The first kappa shape index (κ1) is 15.2. The van der Waals surface area contributed by atoms with E-state index >= 15 is 0 Å². The van der Waals surface area contributed by atoms with Crippen molar-refractivity contribution in [2.24, 2.45) is 5.92 Å². The van der Waals surface area contributed by atoms with E-state index in [0.717, 1.165) is 13.0 Å². The van der Waals surface area contributed by atoms with Gasteiger partial charge in [-0.25, -0.2) is 0 Å². The molecule has 0 aliphatic heterocycles. The monoisotopic (exact) mass is 268 g/mol. The van der Waals surface area contributed by atoms with Crippen molar-refractivity contribution in [3.05, 3.63) is 21.9 Å². The zero-order valence-corrected chi connectivity index (χ0v) is 12.6. The summed E-state index contributed by atoms with van der Waals surface area (Å²) in [6.45, 7) is 9.57. The Hall–Kier alpha value is -0.870. The number of carbonyl (C=O) groups is 1. The van der Waals surface area contributed by atoms with Gasteiger partial charge in [0.25, 0.3) is 0 Å². The van der Waals surface area contributed by atoms with Crippen LogP contribution in [0, 0.1) is 12.8 Å². The van der Waals surface area contributed by atoms with Crippen molar-refractivity contribution in [1.82, 2.24) is 10.6 Å². The molecule has 18 heavy (non-hydrogen) atoms. The lowest BCUT2D eigenvalue weighted by Crippen LogP contribution is -2.39. The van der Waals surface area contributed by atoms with Gasteiger partial charge in [0.15, 0.2) is 0 Å². The number of rotatable bonds is 7. The van der Waals surface area contributed by atoms with Crippen molar-refractivity contribution in [2.45, 2.75) is 40.2 Å². The zero-order chi connectivity index (χ0) is 13.5. The van der Waals surface area contributed by atoms with E-state index in [4.69, 9.17) is 0 Å². The highest BCUT2D eigenvalue weighted by molar-refractivity contribution is 7.11. The van der Waals surface area contributed by atoms with Gasteiger partial charge in [-0.3, -0.25) is 4.79 Å². The van der Waals surface area contributed by atoms with Crippen LogP contribution >= 0.6 is 11.3 Å². The summed E-state index contributed by atoms with van der Waals surface area (Å²) in [5, 5.41) is 6.17. The van der Waals surface area contributed by atoms with Crippen LogP contribution in [-0.4, -0.2) is 25.0 Å². The molecule has 0 aliphatic carbocycles. The number of carbonyl (C=O) groups excluding carboxylic acids is 1. The van der Waals surface area contributed by atoms with Crippen LogP contribution in [0.25, 0.3) is 0 Å². The molecule has 1 atom stereocenters. The maximum absolute atomic E-state index is 11.5. The molecule has 1 rings (SSSR count). The predicted octanol–water partition coefficient (Wildman–Crippen LogP) is 2.35. The van der Waals surface area contributed by atoms with E-state index < -0.39 is 0 Å². The van der Waals surface area contributed by atoms with Crippen molar-refractivity contribution in [2.75, 3.05) is 13.1 Å². The van der Waals surface area contributed by atoms with Crippen LogP contribution in [0.15, 0.2) is 12.1 Å². The van der Waals surface area contributed by atoms with Crippen molar-refractivity contribution < 1.29 is 4.79 Å². The summed E-state index contributed by atoms with van der Waals surface area (Å²) in [7, 11) is 0. The highest BCUT2D eigenvalue weighted by Gasteiger charge is 2.07. The number of thiophene rings is 1. The minimum Gasteiger partial charge on any atom is -0.355 e. The molecular weight excluding hydrogens is 244 g/mol. The number of amides is 1. The van der Waals surface area contributed by atoms with E-state index in [-0.39, 0.29) is 5.91 Å². The topological polar surface area (TPSA) is 41.1 Å². The largest absolute Gasteiger partial charge is 0.355 e. The van der Waals surface area contributed by atoms with Crippen LogP contribution in [-0.2, 0) is 11.2 Å². The van der Waals surface area contributed by atoms with Crippen molar-refractivity contribution in [3.63, 3.8) is 0 Å². The quantitative estimate of drug-likeness (QED) is 0.797. The molecule has 0 spiro atoms. The Morgan fingerprint density at radius 3 is 2.61 bits per heavy atom. The van der Waals surface area contributed by atoms with E-state index in [1.807, 2.05) is 11.3 Å². The molecule has 2 N–H and O–H groups in total. The lowest BCUT2D eigenvalue weighted by Gasteiger charge is -2.13. The Morgan fingerprint density at radius 1 is 1.33 bits per heavy atom. The molecule has 4 heteroatoms. The summed E-state index contributed by atoms with van der Waals surface area (Å²) < 4.78 is 0. The first-order chi connectivity index (χ1) is 8.47. The second-order valence-electron chi connectivity index (χ2n) is 5.20. The van der Waals surface area contributed by atoms with E-state index in [1.165, 1.54) is 9.75 Å². The number of hydrogen-bond donors (Lipinski definition) is 2. The number of hydrogen-bond acceptors (Lipinski definition) is 3. The summed E-state index contributed by atoms with van der Waals surface area (Å²) in [5.41, 5.74) is 0. The highest BCUT2D eigenvalue weighted by Crippen LogP contribution is 2.16. The first-order valence-electron chi connectivity index (χ1n) is 6.52. The van der Waals surface area contributed by atoms with E-state index in [1.54, 1.807) is 0 Å². The highest BCUT2D eigenvalue weighted by atomic mass is 32.1. The minimum absolute atomic E-state index is 0.0814. The molecule has 1 heterocycles. The van der Waals surface area contributed by atoms with Gasteiger partial charge in [0.1, 0.15) is 0 Å². The first-order valence-corrected chi connectivity index (χ1v) is 7.34. The molecule has 0 fully saturated rings. The van der Waals surface area contributed by atoms with Crippen LogP contribution in [0.2, 0.25) is 0 Å². The number of nitrogens with one attached hydrogen (secondary N) is 2. The molecule has 1 aromatic heterocycles. The molecule has 0 radical (unpaired) electrons. The van der Waals surface area contributed by atoms with Gasteiger partial charge < -0.3 is 10.6 Å². The Morgan fingerprint density at radius 2 is 2.06 bits per heavy atom. The van der Waals surface area contributed by atoms with Gasteiger partial charge in [-0.05, 0) is 38.3 Å². The molecule has 0 saturated carbocycles. The van der Waals surface area contributed by atoms with Crippen LogP contribution in [0.3, 0.4) is 0 Å². The van der Waals surface area contributed by atoms with Gasteiger partial charge in [0.2, 0.25) is 5.91 Å². The molecule has 3 nitrogen and oxygen atoms in total. The van der Waals surface area contributed by atoms with E-state index in [2.05, 4.69) is 50.5 Å². The third-order valence-corrected chi connectivity index (χ3v) is 3.64. The van der Waals surface area contributed by atoms with E-state index in [0.29, 0.717) is 18.5 Å². The predicted molar refractivity (Wildman–Crippen MR) is 78.1 cm³/mol. The Labute approximate surface area is 114 Å². The van der Waals surface area contributed by atoms with Gasteiger partial charge in [-0.2, -0.15) is 0 Å². The summed E-state index contributed by atoms with van der Waals surface area (Å²) >= 11 is 1.82. The molecule has 0 saturated heterocycles. The van der Waals surface area contributed by atoms with E-state index in [9.17, 15) is 4.79 Å². The Bertz CT molecular complexity index is 374. The Kier molecular flexibility index (Phi) is 6.36. The maximum Gasteiger partial charge on any atom is 0.233 e. The fourth-order valence-electron chi connectivity index (χ4n) is 1.62. The lowest BCUT2D eigenvalue weighted by molar-refractivity contribution is -0.120. The third-order valence-electron chi connectivity index (χ3n) is 2.62. The van der Waals surface area contributed by atoms with Gasteiger partial charge in [0.05, 0.1) is 6.54 Å². The summed E-state index contributed by atoms with van der Waals surface area (Å²) in [6.07, 6.45) is 0.982. The molecule has 102 valence electrons. The van der Waals surface area contributed by atoms with Crippen molar-refractivity contribution in [3.8, 4) is 0 Å². The molecule has 1 unspecified atom stereocenters. The van der Waals surface area contributed by atoms with Crippen LogP contribution in [0.1, 0.15) is 30.5 Å². The van der Waals surface area contributed by atoms with Gasteiger partial charge >= 0.3 is 0 Å². The smallest absolute Gasteiger partial charge is 0.233 e.